The van der Waals surface area contributed by atoms with Crippen LogP contribution in [0.2, 0.25) is 0 Å². The van der Waals surface area contributed by atoms with Crippen molar-refractivity contribution in [1.29, 1.82) is 0 Å². The van der Waals surface area contributed by atoms with Crippen LogP contribution in [0.1, 0.15) is 43.1 Å². The maximum absolute atomic E-state index is 12.8. The fourth-order valence-electron chi connectivity index (χ4n) is 3.81. The second kappa shape index (κ2) is 6.12. The summed E-state index contributed by atoms with van der Waals surface area (Å²) in [7, 11) is 0. The molecule has 1 amide bonds. The van der Waals surface area contributed by atoms with E-state index in [0.717, 1.165) is 36.5 Å². The minimum atomic E-state index is 0.0543. The summed E-state index contributed by atoms with van der Waals surface area (Å²) in [5.74, 6) is 0.504. The number of para-hydroxylation sites is 1. The number of carbonyl (C=O) groups is 1. The van der Waals surface area contributed by atoms with Gasteiger partial charge in [-0.2, -0.15) is 0 Å². The van der Waals surface area contributed by atoms with Crippen LogP contribution >= 0.6 is 11.8 Å². The highest BCUT2D eigenvalue weighted by Crippen LogP contribution is 2.37. The van der Waals surface area contributed by atoms with E-state index in [2.05, 4.69) is 45.6 Å². The number of aromatic nitrogens is 5. The number of tetrazole rings is 1. The third-order valence-electron chi connectivity index (χ3n) is 5.34. The van der Waals surface area contributed by atoms with Gasteiger partial charge in [0.25, 0.3) is 0 Å². The Bertz CT molecular complexity index is 975. The van der Waals surface area contributed by atoms with Crippen LogP contribution < -0.4 is 0 Å². The molecule has 3 heterocycles. The van der Waals surface area contributed by atoms with Gasteiger partial charge in [0.05, 0.1) is 17.8 Å². The van der Waals surface area contributed by atoms with E-state index in [1.165, 1.54) is 28.4 Å². The van der Waals surface area contributed by atoms with Crippen LogP contribution in [0.15, 0.2) is 29.4 Å². The van der Waals surface area contributed by atoms with Gasteiger partial charge in [0.2, 0.25) is 11.1 Å². The summed E-state index contributed by atoms with van der Waals surface area (Å²) < 4.78 is 1.85. The van der Waals surface area contributed by atoms with E-state index in [-0.39, 0.29) is 11.9 Å². The number of H-pyrrole nitrogens is 1. The van der Waals surface area contributed by atoms with Gasteiger partial charge in [-0.25, -0.2) is 4.68 Å². The van der Waals surface area contributed by atoms with E-state index >= 15 is 0 Å². The molecular weight excluding hydrogens is 348 g/mol. The fraction of sp³-hybridized carbons (Fsp3) is 0.444. The number of hydrogen-bond acceptors (Lipinski definition) is 5. The summed E-state index contributed by atoms with van der Waals surface area (Å²) in [5.41, 5.74) is 3.66. The summed E-state index contributed by atoms with van der Waals surface area (Å²) in [4.78, 5) is 18.3. The van der Waals surface area contributed by atoms with Crippen LogP contribution in [0.3, 0.4) is 0 Å². The molecule has 1 saturated carbocycles. The summed E-state index contributed by atoms with van der Waals surface area (Å²) in [6.45, 7) is 2.85. The lowest BCUT2D eigenvalue weighted by Crippen LogP contribution is -2.39. The monoisotopic (exact) mass is 368 g/mol. The number of nitrogens with zero attached hydrogens (tertiary/aromatic N) is 5. The van der Waals surface area contributed by atoms with Crippen molar-refractivity contribution in [2.24, 2.45) is 0 Å². The van der Waals surface area contributed by atoms with Crippen LogP contribution in [0.5, 0.6) is 0 Å². The van der Waals surface area contributed by atoms with Crippen molar-refractivity contribution in [2.75, 3.05) is 12.3 Å². The van der Waals surface area contributed by atoms with Crippen molar-refractivity contribution in [3.05, 3.63) is 35.5 Å². The van der Waals surface area contributed by atoms with Crippen molar-refractivity contribution < 1.29 is 4.79 Å². The highest BCUT2D eigenvalue weighted by atomic mass is 32.2. The normalized spacial score (nSPS) is 19.7. The first-order valence-corrected chi connectivity index (χ1v) is 10.0. The molecule has 3 aromatic rings. The Morgan fingerprint density at radius 1 is 1.35 bits per heavy atom. The molecule has 1 aromatic carbocycles. The van der Waals surface area contributed by atoms with Crippen LogP contribution in [0.25, 0.3) is 10.9 Å². The zero-order chi connectivity index (χ0) is 17.7. The van der Waals surface area contributed by atoms with E-state index in [1.54, 1.807) is 0 Å². The van der Waals surface area contributed by atoms with Crippen molar-refractivity contribution in [3.63, 3.8) is 0 Å². The molecule has 1 N–H and O–H groups in total. The number of carbonyl (C=O) groups excluding carboxylic acids is 1. The molecule has 134 valence electrons. The van der Waals surface area contributed by atoms with Crippen molar-refractivity contribution in [2.45, 2.75) is 43.4 Å². The van der Waals surface area contributed by atoms with Gasteiger partial charge in [-0.3, -0.25) is 4.79 Å². The standard InChI is InChI=1S/C18H20N6OS/c1-11-17-14(13-4-2-3-5-15(13)19-17)8-9-23(11)16(25)10-26-18-20-21-22-24(18)12-6-7-12/h2-5,11-12,19H,6-10H2,1H3. The molecule has 0 radical (unpaired) electrons. The molecule has 1 fully saturated rings. The van der Waals surface area contributed by atoms with Crippen LogP contribution in [0.4, 0.5) is 0 Å². The van der Waals surface area contributed by atoms with Crippen LogP contribution in [-0.2, 0) is 11.2 Å². The molecular formula is C18H20N6OS. The summed E-state index contributed by atoms with van der Waals surface area (Å²) in [6, 6.07) is 8.84. The molecule has 1 atom stereocenters. The van der Waals surface area contributed by atoms with Crippen molar-refractivity contribution in [1.82, 2.24) is 30.1 Å². The predicted molar refractivity (Wildman–Crippen MR) is 98.9 cm³/mol. The van der Waals surface area contributed by atoms with E-state index in [0.29, 0.717) is 11.8 Å². The Labute approximate surface area is 155 Å². The molecule has 1 aliphatic heterocycles. The Morgan fingerprint density at radius 3 is 3.04 bits per heavy atom. The highest BCUT2D eigenvalue weighted by Gasteiger charge is 2.31. The van der Waals surface area contributed by atoms with Crippen molar-refractivity contribution in [3.8, 4) is 0 Å². The topological polar surface area (TPSA) is 79.7 Å². The first kappa shape index (κ1) is 15.9. The molecule has 1 aliphatic carbocycles. The number of nitrogens with one attached hydrogen (secondary N) is 1. The second-order valence-electron chi connectivity index (χ2n) is 7.00. The maximum Gasteiger partial charge on any atom is 0.233 e. The maximum atomic E-state index is 12.8. The van der Waals surface area contributed by atoms with E-state index in [1.807, 2.05) is 15.6 Å². The first-order chi connectivity index (χ1) is 12.7. The first-order valence-electron chi connectivity index (χ1n) is 9.02. The van der Waals surface area contributed by atoms with Gasteiger partial charge in [-0.15, -0.1) is 5.10 Å². The Morgan fingerprint density at radius 2 is 2.19 bits per heavy atom. The molecule has 2 aliphatic rings. The van der Waals surface area contributed by atoms with Gasteiger partial charge < -0.3 is 9.88 Å². The number of aromatic amines is 1. The quantitative estimate of drug-likeness (QED) is 0.716. The van der Waals surface area contributed by atoms with Crippen molar-refractivity contribution >= 4 is 28.6 Å². The van der Waals surface area contributed by atoms with Gasteiger partial charge in [-0.1, -0.05) is 30.0 Å². The second-order valence-corrected chi connectivity index (χ2v) is 7.94. The molecule has 5 rings (SSSR count). The largest absolute Gasteiger partial charge is 0.356 e. The Hall–Kier alpha value is -2.35. The van der Waals surface area contributed by atoms with Gasteiger partial charge in [-0.05, 0) is 48.2 Å². The zero-order valence-electron chi connectivity index (χ0n) is 14.6. The predicted octanol–water partition coefficient (Wildman–Crippen LogP) is 2.73. The van der Waals surface area contributed by atoms with E-state index < -0.39 is 0 Å². The highest BCUT2D eigenvalue weighted by molar-refractivity contribution is 7.99. The van der Waals surface area contributed by atoms with Crippen LogP contribution in [-0.4, -0.2) is 48.3 Å². The average molecular weight is 368 g/mol. The lowest BCUT2D eigenvalue weighted by Gasteiger charge is -2.33. The molecule has 0 spiro atoms. The number of thioether (sulfide) groups is 1. The number of amides is 1. The number of hydrogen-bond donors (Lipinski definition) is 1. The molecule has 2 aromatic heterocycles. The molecule has 1 unspecified atom stereocenters. The van der Waals surface area contributed by atoms with E-state index in [4.69, 9.17) is 0 Å². The lowest BCUT2D eigenvalue weighted by atomic mass is 9.98. The minimum absolute atomic E-state index is 0.0543. The van der Waals surface area contributed by atoms with Gasteiger partial charge in [0.15, 0.2) is 0 Å². The Balaban J connectivity index is 1.32. The summed E-state index contributed by atoms with van der Waals surface area (Å²) in [5, 5.41) is 13.9. The third kappa shape index (κ3) is 2.59. The third-order valence-corrected chi connectivity index (χ3v) is 6.25. The Kier molecular flexibility index (Phi) is 3.74. The summed E-state index contributed by atoms with van der Waals surface area (Å²) in [6.07, 6.45) is 3.14. The SMILES string of the molecule is CC1c2[nH]c3ccccc3c2CCN1C(=O)CSc1nnnn1C1CC1. The number of benzene rings is 1. The molecule has 8 heteroatoms. The van der Waals surface area contributed by atoms with Gasteiger partial charge in [0, 0.05) is 23.1 Å². The van der Waals surface area contributed by atoms with Crippen LogP contribution in [0, 0.1) is 0 Å². The molecule has 7 nitrogen and oxygen atoms in total. The van der Waals surface area contributed by atoms with Gasteiger partial charge in [0.1, 0.15) is 0 Å². The average Bonchev–Trinajstić information content (AvgIpc) is 3.26. The number of rotatable bonds is 4. The summed E-state index contributed by atoms with van der Waals surface area (Å²) >= 11 is 1.44. The van der Waals surface area contributed by atoms with E-state index in [9.17, 15) is 4.79 Å². The fourth-order valence-corrected chi connectivity index (χ4v) is 4.64. The smallest absolute Gasteiger partial charge is 0.233 e. The van der Waals surface area contributed by atoms with Gasteiger partial charge >= 0.3 is 0 Å². The molecule has 0 bridgehead atoms. The number of fused-ring (bicyclic) bond motifs is 3. The lowest BCUT2D eigenvalue weighted by molar-refractivity contribution is -0.130. The molecule has 26 heavy (non-hydrogen) atoms. The minimum Gasteiger partial charge on any atom is -0.356 e. The zero-order valence-corrected chi connectivity index (χ0v) is 15.4. The molecule has 0 saturated heterocycles.